The number of aliphatic hydroxyl groups excluding tert-OH is 5. The number of nitrogens with zero attached hydrogens (tertiary/aromatic N) is 2. The van der Waals surface area contributed by atoms with Crippen LogP contribution in [0.25, 0.3) is 11.1 Å². The number of hydrogen-bond acceptors (Lipinski definition) is 9. The first kappa shape index (κ1) is 36.5. The Hall–Kier alpha value is -2.80. The molecule has 12 heteroatoms. The average Bonchev–Trinajstić information content (AvgIpc) is 4.04. The maximum Gasteiger partial charge on any atom is 0.222 e. The molecule has 4 atom stereocenters. The first-order chi connectivity index (χ1) is 23.0. The van der Waals surface area contributed by atoms with Gasteiger partial charge in [0.15, 0.2) is 0 Å². The van der Waals surface area contributed by atoms with Gasteiger partial charge in [0.1, 0.15) is 30.2 Å². The standard InChI is InChI=1S/C36H45Cl2N3O7/c1-41(20-30(43)34(46)35(47)31(44)21-42)33(45)9-5-2-6-22-16-29(38)23(17-28(22)37)18-40-36(13-14-36)27-19-39-15-12-25(27)26-7-3-4-8-32(26)48-24-10-11-24/h3-4,7-8,12,15-17,19,24,30-31,34-35,40,42-44,46-47H,2,5-6,9-11,13-14,18,20-21H2,1H3/t30-,31+,34+,35+/m0/s1. The topological polar surface area (TPSA) is 156 Å². The van der Waals surface area contributed by atoms with Gasteiger partial charge in [-0.25, -0.2) is 0 Å². The molecule has 2 fully saturated rings. The van der Waals surface area contributed by atoms with E-state index >= 15 is 0 Å². The number of aryl methyl sites for hydroxylation is 1. The smallest absolute Gasteiger partial charge is 0.222 e. The van der Waals surface area contributed by atoms with Crippen molar-refractivity contribution in [1.82, 2.24) is 15.2 Å². The first-order valence-electron chi connectivity index (χ1n) is 16.5. The van der Waals surface area contributed by atoms with Crippen LogP contribution in [-0.2, 0) is 23.3 Å². The molecule has 0 aliphatic heterocycles. The predicted octanol–water partition coefficient (Wildman–Crippen LogP) is 3.98. The summed E-state index contributed by atoms with van der Waals surface area (Å²) in [6.07, 6.45) is 3.74. The monoisotopic (exact) mass is 701 g/mol. The molecule has 260 valence electrons. The van der Waals surface area contributed by atoms with E-state index in [1.807, 2.05) is 42.7 Å². The number of benzene rings is 2. The van der Waals surface area contributed by atoms with Crippen LogP contribution >= 0.6 is 23.2 Å². The van der Waals surface area contributed by atoms with Crippen LogP contribution in [0, 0.1) is 0 Å². The lowest BCUT2D eigenvalue weighted by atomic mass is 9.94. The summed E-state index contributed by atoms with van der Waals surface area (Å²) in [7, 11) is 1.49. The summed E-state index contributed by atoms with van der Waals surface area (Å²) in [6.45, 7) is -0.475. The highest BCUT2D eigenvalue weighted by Crippen LogP contribution is 2.50. The Bertz CT molecular complexity index is 1550. The van der Waals surface area contributed by atoms with Crippen molar-refractivity contribution in [2.45, 2.75) is 94.0 Å². The molecule has 0 bridgehead atoms. The van der Waals surface area contributed by atoms with Gasteiger partial charge in [-0.05, 0) is 91.5 Å². The number of amides is 1. The van der Waals surface area contributed by atoms with E-state index in [1.165, 1.54) is 11.9 Å². The lowest BCUT2D eigenvalue weighted by Gasteiger charge is -2.28. The van der Waals surface area contributed by atoms with E-state index in [-0.39, 0.29) is 24.4 Å². The van der Waals surface area contributed by atoms with Gasteiger partial charge in [-0.3, -0.25) is 9.78 Å². The van der Waals surface area contributed by atoms with Crippen LogP contribution in [0.2, 0.25) is 10.0 Å². The molecule has 0 saturated heterocycles. The number of aliphatic hydroxyl groups is 5. The van der Waals surface area contributed by atoms with E-state index in [1.54, 1.807) is 0 Å². The van der Waals surface area contributed by atoms with Crippen molar-refractivity contribution in [2.24, 2.45) is 0 Å². The molecule has 2 aliphatic carbocycles. The molecular formula is C36H45Cl2N3O7. The van der Waals surface area contributed by atoms with Crippen molar-refractivity contribution in [3.8, 4) is 16.9 Å². The quantitative estimate of drug-likeness (QED) is 0.108. The van der Waals surface area contributed by atoms with Crippen molar-refractivity contribution in [3.63, 3.8) is 0 Å². The maximum absolute atomic E-state index is 12.6. The molecule has 6 N–H and O–H groups in total. The van der Waals surface area contributed by atoms with Gasteiger partial charge in [-0.1, -0.05) is 41.4 Å². The largest absolute Gasteiger partial charge is 0.490 e. The van der Waals surface area contributed by atoms with Gasteiger partial charge in [0.25, 0.3) is 0 Å². The Balaban J connectivity index is 1.13. The zero-order valence-corrected chi connectivity index (χ0v) is 28.6. The highest BCUT2D eigenvalue weighted by Gasteiger charge is 2.46. The minimum absolute atomic E-state index is 0.212. The highest BCUT2D eigenvalue weighted by molar-refractivity contribution is 6.34. The van der Waals surface area contributed by atoms with Gasteiger partial charge in [0.05, 0.1) is 12.7 Å². The summed E-state index contributed by atoms with van der Waals surface area (Å²) in [5, 5.41) is 53.3. The van der Waals surface area contributed by atoms with Crippen molar-refractivity contribution in [2.75, 3.05) is 20.2 Å². The molecule has 2 aliphatic rings. The third-order valence-electron chi connectivity index (χ3n) is 9.21. The molecule has 3 aromatic rings. The first-order valence-corrected chi connectivity index (χ1v) is 17.3. The Morgan fingerprint density at radius 1 is 1.00 bits per heavy atom. The van der Waals surface area contributed by atoms with Crippen LogP contribution in [0.3, 0.4) is 0 Å². The lowest BCUT2D eigenvalue weighted by Crippen LogP contribution is -2.49. The molecule has 0 spiro atoms. The van der Waals surface area contributed by atoms with Gasteiger partial charge in [0.2, 0.25) is 5.91 Å². The fourth-order valence-electron chi connectivity index (χ4n) is 5.89. The Labute approximate surface area is 291 Å². The second kappa shape index (κ2) is 16.3. The fraction of sp³-hybridized carbons (Fsp3) is 0.500. The number of carbonyl (C=O) groups excluding carboxylic acids is 1. The Kier molecular flexibility index (Phi) is 12.4. The number of pyridine rings is 1. The van der Waals surface area contributed by atoms with Crippen LogP contribution < -0.4 is 10.1 Å². The Morgan fingerprint density at radius 3 is 2.40 bits per heavy atom. The molecule has 5 rings (SSSR count). The number of likely N-dealkylation sites (N-methyl/N-ethyl adjacent to an activating group) is 1. The average molecular weight is 703 g/mol. The molecule has 1 amide bonds. The minimum atomic E-state index is -1.74. The molecule has 0 radical (unpaired) electrons. The second-order valence-electron chi connectivity index (χ2n) is 13.0. The molecule has 2 saturated carbocycles. The van der Waals surface area contributed by atoms with E-state index in [4.69, 9.17) is 33.0 Å². The number of halogens is 2. The van der Waals surface area contributed by atoms with E-state index in [2.05, 4.69) is 22.4 Å². The maximum atomic E-state index is 12.6. The number of unbranched alkanes of at least 4 members (excludes halogenated alkanes) is 1. The normalized spacial score (nSPS) is 17.8. The summed E-state index contributed by atoms with van der Waals surface area (Å²) < 4.78 is 6.23. The molecule has 1 heterocycles. The van der Waals surface area contributed by atoms with Crippen molar-refractivity contribution < 1.29 is 35.1 Å². The molecule has 2 aromatic carbocycles. The van der Waals surface area contributed by atoms with E-state index in [0.29, 0.717) is 42.0 Å². The van der Waals surface area contributed by atoms with E-state index < -0.39 is 31.0 Å². The molecule has 10 nitrogen and oxygen atoms in total. The van der Waals surface area contributed by atoms with Crippen molar-refractivity contribution in [1.29, 1.82) is 0 Å². The third kappa shape index (κ3) is 9.05. The van der Waals surface area contributed by atoms with Crippen LogP contribution in [0.5, 0.6) is 5.75 Å². The summed E-state index contributed by atoms with van der Waals surface area (Å²) >= 11 is 13.4. The van der Waals surface area contributed by atoms with E-state index in [0.717, 1.165) is 59.3 Å². The summed E-state index contributed by atoms with van der Waals surface area (Å²) in [4.78, 5) is 18.3. The van der Waals surface area contributed by atoms with Gasteiger partial charge >= 0.3 is 0 Å². The number of hydrogen-bond donors (Lipinski definition) is 6. The SMILES string of the molecule is CN(C[C@H](O)[C@@H](O)[C@H](O)[C@H](O)CO)C(=O)CCCCc1cc(Cl)c(CNC2(c3cnccc3-c3ccccc3OC3CC3)CC2)cc1Cl. The van der Waals surface area contributed by atoms with Crippen LogP contribution in [0.15, 0.2) is 54.9 Å². The predicted molar refractivity (Wildman–Crippen MR) is 184 cm³/mol. The Morgan fingerprint density at radius 2 is 1.69 bits per heavy atom. The van der Waals surface area contributed by atoms with Gasteiger partial charge in [0, 0.05) is 60.1 Å². The highest BCUT2D eigenvalue weighted by atomic mass is 35.5. The lowest BCUT2D eigenvalue weighted by molar-refractivity contribution is -0.138. The zero-order valence-electron chi connectivity index (χ0n) is 27.1. The van der Waals surface area contributed by atoms with Crippen LogP contribution in [-0.4, -0.2) is 92.0 Å². The number of rotatable bonds is 18. The second-order valence-corrected chi connectivity index (χ2v) is 13.8. The van der Waals surface area contributed by atoms with Crippen LogP contribution in [0.4, 0.5) is 0 Å². The number of carbonyl (C=O) groups is 1. The number of nitrogens with one attached hydrogen (secondary N) is 1. The molecule has 1 aromatic heterocycles. The third-order valence-corrected chi connectivity index (χ3v) is 9.92. The number of ether oxygens (including phenoxy) is 1. The zero-order chi connectivity index (χ0) is 34.4. The fourth-order valence-corrected chi connectivity index (χ4v) is 6.43. The van der Waals surface area contributed by atoms with Crippen LogP contribution in [0.1, 0.15) is 61.6 Å². The van der Waals surface area contributed by atoms with Gasteiger partial charge in [-0.15, -0.1) is 0 Å². The molecular weight excluding hydrogens is 657 g/mol. The summed E-state index contributed by atoms with van der Waals surface area (Å²) in [5.41, 5.74) is 4.89. The molecule has 48 heavy (non-hydrogen) atoms. The summed E-state index contributed by atoms with van der Waals surface area (Å²) in [5.74, 6) is 0.657. The van der Waals surface area contributed by atoms with Crippen molar-refractivity contribution >= 4 is 29.1 Å². The molecule has 0 unspecified atom stereocenters. The van der Waals surface area contributed by atoms with E-state index in [9.17, 15) is 25.2 Å². The number of aromatic nitrogens is 1. The van der Waals surface area contributed by atoms with Gasteiger partial charge in [-0.2, -0.15) is 0 Å². The van der Waals surface area contributed by atoms with Gasteiger partial charge < -0.3 is 40.5 Å². The summed E-state index contributed by atoms with van der Waals surface area (Å²) in [6, 6.07) is 14.0. The number of para-hydroxylation sites is 1. The minimum Gasteiger partial charge on any atom is -0.490 e. The van der Waals surface area contributed by atoms with Crippen molar-refractivity contribution in [3.05, 3.63) is 81.6 Å².